The molecule has 0 radical (unpaired) electrons. The standard InChI is InChI=1S/C15H19NO5S/c1-21-14-8-12(4-5-13(14)15(17)18)22(19,20)16-11-3-2-9-6-10(9)7-11/h4-5,8-11,16H,2-3,6-7H2,1H3,(H,17,18). The van der Waals surface area contributed by atoms with Crippen LogP contribution in [0.1, 0.15) is 36.0 Å². The van der Waals surface area contributed by atoms with Crippen LogP contribution in [0.3, 0.4) is 0 Å². The van der Waals surface area contributed by atoms with Crippen molar-refractivity contribution in [3.63, 3.8) is 0 Å². The monoisotopic (exact) mass is 325 g/mol. The van der Waals surface area contributed by atoms with Crippen LogP contribution in [0, 0.1) is 11.8 Å². The Balaban J connectivity index is 1.80. The van der Waals surface area contributed by atoms with E-state index >= 15 is 0 Å². The second-order valence-corrected chi connectivity index (χ2v) is 7.77. The molecule has 3 atom stereocenters. The van der Waals surface area contributed by atoms with Gasteiger partial charge < -0.3 is 9.84 Å². The number of carboxylic acid groups (broad SMARTS) is 1. The average molecular weight is 325 g/mol. The molecular weight excluding hydrogens is 306 g/mol. The van der Waals surface area contributed by atoms with Gasteiger partial charge in [0, 0.05) is 12.1 Å². The summed E-state index contributed by atoms with van der Waals surface area (Å²) in [6.07, 6.45) is 4.07. The lowest BCUT2D eigenvalue weighted by Crippen LogP contribution is -2.36. The summed E-state index contributed by atoms with van der Waals surface area (Å²) in [5.74, 6) is 0.364. The second kappa shape index (κ2) is 5.55. The van der Waals surface area contributed by atoms with Gasteiger partial charge in [0.15, 0.2) is 0 Å². The van der Waals surface area contributed by atoms with Gasteiger partial charge in [-0.05, 0) is 49.7 Å². The first-order valence-corrected chi connectivity index (χ1v) is 8.82. The molecule has 3 rings (SSSR count). The van der Waals surface area contributed by atoms with Gasteiger partial charge in [0.05, 0.1) is 12.0 Å². The first-order chi connectivity index (χ1) is 10.4. The maximum atomic E-state index is 12.5. The molecule has 0 aliphatic heterocycles. The van der Waals surface area contributed by atoms with E-state index in [1.54, 1.807) is 0 Å². The number of sulfonamides is 1. The van der Waals surface area contributed by atoms with Gasteiger partial charge in [0.25, 0.3) is 0 Å². The van der Waals surface area contributed by atoms with Crippen LogP contribution in [0.5, 0.6) is 5.75 Å². The molecule has 2 N–H and O–H groups in total. The number of methoxy groups -OCH3 is 1. The molecule has 2 fully saturated rings. The molecule has 1 aromatic carbocycles. The number of ether oxygens (including phenoxy) is 1. The van der Waals surface area contributed by atoms with E-state index in [9.17, 15) is 13.2 Å². The predicted octanol–water partition coefficient (Wildman–Crippen LogP) is 1.86. The lowest BCUT2D eigenvalue weighted by atomic mass is 9.96. The highest BCUT2D eigenvalue weighted by Crippen LogP contribution is 2.49. The number of hydrogen-bond donors (Lipinski definition) is 2. The molecule has 120 valence electrons. The lowest BCUT2D eigenvalue weighted by Gasteiger charge is -2.22. The molecule has 0 amide bonds. The van der Waals surface area contributed by atoms with Crippen molar-refractivity contribution < 1.29 is 23.1 Å². The SMILES string of the molecule is COc1cc(S(=O)(=O)NC2CCC3CC3C2)ccc1C(=O)O. The van der Waals surface area contributed by atoms with E-state index in [4.69, 9.17) is 9.84 Å². The van der Waals surface area contributed by atoms with E-state index in [1.807, 2.05) is 0 Å². The van der Waals surface area contributed by atoms with Crippen molar-refractivity contribution in [1.82, 2.24) is 4.72 Å². The minimum Gasteiger partial charge on any atom is -0.496 e. The Morgan fingerprint density at radius 3 is 2.68 bits per heavy atom. The molecule has 2 saturated carbocycles. The van der Waals surface area contributed by atoms with Crippen LogP contribution in [0.25, 0.3) is 0 Å². The third-order valence-electron chi connectivity index (χ3n) is 4.58. The van der Waals surface area contributed by atoms with Crippen molar-refractivity contribution in [3.8, 4) is 5.75 Å². The number of carbonyl (C=O) groups is 1. The third kappa shape index (κ3) is 2.96. The Hall–Kier alpha value is -1.60. The predicted molar refractivity (Wildman–Crippen MR) is 79.5 cm³/mol. The highest BCUT2D eigenvalue weighted by Gasteiger charge is 2.42. The van der Waals surface area contributed by atoms with Gasteiger partial charge in [-0.15, -0.1) is 0 Å². The molecule has 0 aromatic heterocycles. The van der Waals surface area contributed by atoms with Gasteiger partial charge in [-0.1, -0.05) is 0 Å². The number of carboxylic acids is 1. The van der Waals surface area contributed by atoms with E-state index in [0.717, 1.165) is 25.2 Å². The fraction of sp³-hybridized carbons (Fsp3) is 0.533. The third-order valence-corrected chi connectivity index (χ3v) is 6.10. The second-order valence-electron chi connectivity index (χ2n) is 6.05. The van der Waals surface area contributed by atoms with E-state index in [1.165, 1.54) is 31.7 Å². The van der Waals surface area contributed by atoms with Crippen molar-refractivity contribution in [3.05, 3.63) is 23.8 Å². The van der Waals surface area contributed by atoms with Crippen molar-refractivity contribution in [2.24, 2.45) is 11.8 Å². The largest absolute Gasteiger partial charge is 0.496 e. The quantitative estimate of drug-likeness (QED) is 0.862. The Morgan fingerprint density at radius 1 is 1.27 bits per heavy atom. The minimum atomic E-state index is -3.66. The van der Waals surface area contributed by atoms with E-state index in [-0.39, 0.29) is 22.3 Å². The summed E-state index contributed by atoms with van der Waals surface area (Å²) in [7, 11) is -2.34. The summed E-state index contributed by atoms with van der Waals surface area (Å²) in [4.78, 5) is 11.1. The van der Waals surface area contributed by atoms with E-state index in [0.29, 0.717) is 5.92 Å². The van der Waals surface area contributed by atoms with Crippen molar-refractivity contribution in [1.29, 1.82) is 0 Å². The first kappa shape index (κ1) is 15.3. The maximum absolute atomic E-state index is 12.5. The summed E-state index contributed by atoms with van der Waals surface area (Å²) in [5.41, 5.74) is -0.0556. The van der Waals surface area contributed by atoms with Gasteiger partial charge in [-0.3, -0.25) is 0 Å². The average Bonchev–Trinajstić information content (AvgIpc) is 3.24. The zero-order valence-electron chi connectivity index (χ0n) is 12.3. The van der Waals surface area contributed by atoms with Crippen molar-refractivity contribution in [2.45, 2.75) is 36.6 Å². The molecule has 1 aromatic rings. The summed E-state index contributed by atoms with van der Waals surface area (Å²) >= 11 is 0. The molecule has 2 aliphatic rings. The lowest BCUT2D eigenvalue weighted by molar-refractivity contribution is 0.0693. The molecule has 0 spiro atoms. The number of benzene rings is 1. The summed E-state index contributed by atoms with van der Waals surface area (Å²) in [5, 5.41) is 9.04. The molecule has 3 unspecified atom stereocenters. The van der Waals surface area contributed by atoms with Crippen LogP contribution in [-0.2, 0) is 10.0 Å². The van der Waals surface area contributed by atoms with Crippen molar-refractivity contribution in [2.75, 3.05) is 7.11 Å². The highest BCUT2D eigenvalue weighted by atomic mass is 32.2. The Kier molecular flexibility index (Phi) is 3.86. The summed E-state index contributed by atoms with van der Waals surface area (Å²) < 4.78 is 32.6. The minimum absolute atomic E-state index is 0.0288. The Morgan fingerprint density at radius 2 is 2.05 bits per heavy atom. The van der Waals surface area contributed by atoms with Crippen LogP contribution in [0.2, 0.25) is 0 Å². The number of rotatable bonds is 5. The highest BCUT2D eigenvalue weighted by molar-refractivity contribution is 7.89. The Bertz CT molecular complexity index is 700. The zero-order chi connectivity index (χ0) is 15.9. The molecule has 6 nitrogen and oxygen atoms in total. The van der Waals surface area contributed by atoms with Crippen LogP contribution >= 0.6 is 0 Å². The molecule has 22 heavy (non-hydrogen) atoms. The molecule has 2 aliphatic carbocycles. The maximum Gasteiger partial charge on any atom is 0.339 e. The molecule has 0 heterocycles. The van der Waals surface area contributed by atoms with Crippen LogP contribution < -0.4 is 9.46 Å². The molecular formula is C15H19NO5S. The number of aromatic carboxylic acids is 1. The number of hydrogen-bond acceptors (Lipinski definition) is 4. The van der Waals surface area contributed by atoms with Crippen LogP contribution in [-0.4, -0.2) is 32.6 Å². The van der Waals surface area contributed by atoms with Crippen molar-refractivity contribution >= 4 is 16.0 Å². The van der Waals surface area contributed by atoms with Crippen LogP contribution in [0.15, 0.2) is 23.1 Å². The molecule has 7 heteroatoms. The van der Waals surface area contributed by atoms with E-state index < -0.39 is 16.0 Å². The van der Waals surface area contributed by atoms with Gasteiger partial charge >= 0.3 is 5.97 Å². The first-order valence-electron chi connectivity index (χ1n) is 7.34. The zero-order valence-corrected chi connectivity index (χ0v) is 13.1. The van der Waals surface area contributed by atoms with Gasteiger partial charge in [-0.2, -0.15) is 0 Å². The van der Waals surface area contributed by atoms with E-state index in [2.05, 4.69) is 4.72 Å². The molecule has 0 saturated heterocycles. The normalized spacial score (nSPS) is 27.0. The van der Waals surface area contributed by atoms with Gasteiger partial charge in [0.1, 0.15) is 11.3 Å². The van der Waals surface area contributed by atoms with Crippen LogP contribution in [0.4, 0.5) is 0 Å². The summed E-state index contributed by atoms with van der Waals surface area (Å²) in [6.45, 7) is 0. The van der Waals surface area contributed by atoms with Gasteiger partial charge in [-0.25, -0.2) is 17.9 Å². The fourth-order valence-corrected chi connectivity index (χ4v) is 4.56. The number of fused-ring (bicyclic) bond motifs is 1. The topological polar surface area (TPSA) is 92.7 Å². The number of nitrogens with one attached hydrogen (secondary N) is 1. The Labute approximate surface area is 129 Å². The smallest absolute Gasteiger partial charge is 0.339 e. The fourth-order valence-electron chi connectivity index (χ4n) is 3.26. The molecule has 0 bridgehead atoms. The summed E-state index contributed by atoms with van der Waals surface area (Å²) in [6, 6.07) is 3.79. The van der Waals surface area contributed by atoms with Gasteiger partial charge in [0.2, 0.25) is 10.0 Å².